The molecule has 0 aliphatic carbocycles. The zero-order chi connectivity index (χ0) is 24.4. The van der Waals surface area contributed by atoms with Gasteiger partial charge < -0.3 is 14.6 Å². The van der Waals surface area contributed by atoms with E-state index in [1.165, 1.54) is 18.2 Å². The van der Waals surface area contributed by atoms with Crippen molar-refractivity contribution in [3.8, 4) is 11.5 Å². The van der Waals surface area contributed by atoms with E-state index >= 15 is 0 Å². The first kappa shape index (κ1) is 21.8. The summed E-state index contributed by atoms with van der Waals surface area (Å²) < 4.78 is 7.47. The number of rotatable bonds is 6. The quantitative estimate of drug-likeness (QED) is 0.203. The van der Waals surface area contributed by atoms with Crippen LogP contribution in [-0.2, 0) is 11.3 Å². The standard InChI is InChI=1S/C27H19N3O5/c31-26(28-18-10-13-21(14-11-18)35-20-6-2-1-3-7-20)17-29-24-9-5-4-8-22(24)27(32)23-16-19(30(33)34)12-15-25(23)29/h1-16H,17H2,(H,28,31). The van der Waals surface area contributed by atoms with Crippen LogP contribution in [-0.4, -0.2) is 15.4 Å². The number of fused-ring (bicyclic) bond motifs is 2. The van der Waals surface area contributed by atoms with E-state index < -0.39 is 4.92 Å². The van der Waals surface area contributed by atoms with Crippen LogP contribution in [0.2, 0.25) is 0 Å². The summed E-state index contributed by atoms with van der Waals surface area (Å²) in [5, 5.41) is 14.7. The maximum atomic E-state index is 13.0. The van der Waals surface area contributed by atoms with Gasteiger partial charge in [-0.2, -0.15) is 0 Å². The Morgan fingerprint density at radius 2 is 1.49 bits per heavy atom. The fraction of sp³-hybridized carbons (Fsp3) is 0.0370. The predicted molar refractivity (Wildman–Crippen MR) is 134 cm³/mol. The summed E-state index contributed by atoms with van der Waals surface area (Å²) in [6.07, 6.45) is 0. The largest absolute Gasteiger partial charge is 0.457 e. The predicted octanol–water partition coefficient (Wildman–Crippen LogP) is 5.49. The Bertz CT molecular complexity index is 1630. The zero-order valence-corrected chi connectivity index (χ0v) is 18.4. The number of nitro benzene ring substituents is 1. The van der Waals surface area contributed by atoms with E-state index in [1.54, 1.807) is 53.1 Å². The minimum Gasteiger partial charge on any atom is -0.457 e. The molecule has 1 N–H and O–H groups in total. The number of nitrogens with one attached hydrogen (secondary N) is 1. The van der Waals surface area contributed by atoms with Gasteiger partial charge in [0.2, 0.25) is 5.91 Å². The van der Waals surface area contributed by atoms with Crippen LogP contribution in [0.1, 0.15) is 0 Å². The molecule has 1 heterocycles. The van der Waals surface area contributed by atoms with Gasteiger partial charge in [-0.15, -0.1) is 0 Å². The smallest absolute Gasteiger partial charge is 0.270 e. The summed E-state index contributed by atoms with van der Waals surface area (Å²) in [6.45, 7) is -0.0859. The molecule has 0 fully saturated rings. The summed E-state index contributed by atoms with van der Waals surface area (Å²) in [5.74, 6) is 1.03. The molecule has 1 aromatic heterocycles. The summed E-state index contributed by atoms with van der Waals surface area (Å²) in [4.78, 5) is 36.7. The molecule has 1 amide bonds. The lowest BCUT2D eigenvalue weighted by Crippen LogP contribution is -2.21. The monoisotopic (exact) mass is 465 g/mol. The minimum atomic E-state index is -0.545. The number of nitrogens with zero attached hydrogens (tertiary/aromatic N) is 2. The van der Waals surface area contributed by atoms with Crippen LogP contribution < -0.4 is 15.5 Å². The molecule has 8 nitrogen and oxygen atoms in total. The normalized spacial score (nSPS) is 10.9. The Labute approximate surface area is 199 Å². The van der Waals surface area contributed by atoms with Gasteiger partial charge in [-0.1, -0.05) is 30.3 Å². The van der Waals surface area contributed by atoms with Gasteiger partial charge >= 0.3 is 0 Å². The van der Waals surface area contributed by atoms with Gasteiger partial charge in [0.25, 0.3) is 5.69 Å². The van der Waals surface area contributed by atoms with E-state index in [2.05, 4.69) is 5.32 Å². The first-order valence-electron chi connectivity index (χ1n) is 10.8. The minimum absolute atomic E-state index is 0.0859. The molecule has 5 rings (SSSR count). The maximum Gasteiger partial charge on any atom is 0.270 e. The highest BCUT2D eigenvalue weighted by atomic mass is 16.6. The lowest BCUT2D eigenvalue weighted by atomic mass is 10.1. The molecule has 0 saturated carbocycles. The number of anilines is 1. The van der Waals surface area contributed by atoms with Crippen LogP contribution in [0.3, 0.4) is 0 Å². The number of non-ortho nitro benzene ring substituents is 1. The molecule has 0 unspecified atom stereocenters. The van der Waals surface area contributed by atoms with Gasteiger partial charge in [-0.3, -0.25) is 19.7 Å². The number of hydrogen-bond acceptors (Lipinski definition) is 5. The van der Waals surface area contributed by atoms with Crippen molar-refractivity contribution in [2.24, 2.45) is 0 Å². The van der Waals surface area contributed by atoms with E-state index in [-0.39, 0.29) is 29.0 Å². The number of aromatic nitrogens is 1. The van der Waals surface area contributed by atoms with Gasteiger partial charge in [0, 0.05) is 23.2 Å². The van der Waals surface area contributed by atoms with Crippen LogP contribution in [0.5, 0.6) is 11.5 Å². The fourth-order valence-corrected chi connectivity index (χ4v) is 3.98. The van der Waals surface area contributed by atoms with Crippen LogP contribution in [0, 0.1) is 10.1 Å². The molecule has 0 radical (unpaired) electrons. The summed E-state index contributed by atoms with van der Waals surface area (Å²) in [5.41, 5.74) is 1.10. The molecule has 0 spiro atoms. The molecule has 8 heteroatoms. The van der Waals surface area contributed by atoms with E-state index in [0.29, 0.717) is 33.6 Å². The van der Waals surface area contributed by atoms with Gasteiger partial charge in [-0.05, 0) is 54.6 Å². The van der Waals surface area contributed by atoms with Crippen LogP contribution in [0.25, 0.3) is 21.8 Å². The summed E-state index contributed by atoms with van der Waals surface area (Å²) >= 11 is 0. The Kier molecular flexibility index (Phi) is 5.68. The number of nitro groups is 1. The second-order valence-electron chi connectivity index (χ2n) is 7.88. The SMILES string of the molecule is O=C(Cn1c2ccccc2c(=O)c2cc([N+](=O)[O-])ccc21)Nc1ccc(Oc2ccccc2)cc1. The van der Waals surface area contributed by atoms with Gasteiger partial charge in [-0.25, -0.2) is 0 Å². The van der Waals surface area contributed by atoms with E-state index in [4.69, 9.17) is 4.74 Å². The lowest BCUT2D eigenvalue weighted by molar-refractivity contribution is -0.384. The highest BCUT2D eigenvalue weighted by Crippen LogP contribution is 2.25. The Morgan fingerprint density at radius 3 is 2.23 bits per heavy atom. The zero-order valence-electron chi connectivity index (χ0n) is 18.4. The molecular weight excluding hydrogens is 446 g/mol. The number of hydrogen-bond donors (Lipinski definition) is 1. The lowest BCUT2D eigenvalue weighted by Gasteiger charge is -2.15. The second kappa shape index (κ2) is 9.11. The molecule has 4 aromatic carbocycles. The third-order valence-electron chi connectivity index (χ3n) is 5.58. The molecule has 172 valence electrons. The maximum absolute atomic E-state index is 13.0. The first-order valence-corrected chi connectivity index (χ1v) is 10.8. The third-order valence-corrected chi connectivity index (χ3v) is 5.58. The molecule has 5 aromatic rings. The van der Waals surface area contributed by atoms with E-state index in [0.717, 1.165) is 0 Å². The second-order valence-corrected chi connectivity index (χ2v) is 7.88. The van der Waals surface area contributed by atoms with Crippen LogP contribution in [0.4, 0.5) is 11.4 Å². The van der Waals surface area contributed by atoms with Crippen molar-refractivity contribution in [3.05, 3.63) is 117 Å². The number of pyridine rings is 1. The molecule has 0 saturated heterocycles. The number of carbonyl (C=O) groups is 1. The van der Waals surface area contributed by atoms with Gasteiger partial charge in [0.15, 0.2) is 5.43 Å². The van der Waals surface area contributed by atoms with Crippen molar-refractivity contribution in [2.75, 3.05) is 5.32 Å². The number of ether oxygens (including phenoxy) is 1. The molecule has 0 aliphatic rings. The first-order chi connectivity index (χ1) is 17.0. The van der Waals surface area contributed by atoms with Crippen LogP contribution in [0.15, 0.2) is 102 Å². The van der Waals surface area contributed by atoms with Crippen molar-refractivity contribution in [1.82, 2.24) is 4.57 Å². The van der Waals surface area contributed by atoms with Crippen molar-refractivity contribution in [2.45, 2.75) is 6.54 Å². The number of carbonyl (C=O) groups excluding carboxylic acids is 1. The average molecular weight is 465 g/mol. The highest BCUT2D eigenvalue weighted by molar-refractivity contribution is 5.97. The number of amides is 1. The third kappa shape index (κ3) is 4.45. The number of para-hydroxylation sites is 2. The van der Waals surface area contributed by atoms with Crippen molar-refractivity contribution < 1.29 is 14.5 Å². The average Bonchev–Trinajstić information content (AvgIpc) is 2.88. The van der Waals surface area contributed by atoms with Crippen LogP contribution >= 0.6 is 0 Å². The highest BCUT2D eigenvalue weighted by Gasteiger charge is 2.16. The van der Waals surface area contributed by atoms with E-state index in [1.807, 2.05) is 30.3 Å². The summed E-state index contributed by atoms with van der Waals surface area (Å²) in [6, 6.07) is 27.3. The van der Waals surface area contributed by atoms with Crippen molar-refractivity contribution in [3.63, 3.8) is 0 Å². The number of benzene rings is 4. The topological polar surface area (TPSA) is 103 Å². The molecule has 35 heavy (non-hydrogen) atoms. The van der Waals surface area contributed by atoms with Crippen molar-refractivity contribution in [1.29, 1.82) is 0 Å². The molecule has 0 aliphatic heterocycles. The fourth-order valence-electron chi connectivity index (χ4n) is 3.98. The Morgan fingerprint density at radius 1 is 0.829 bits per heavy atom. The Balaban J connectivity index is 1.43. The molecule has 0 bridgehead atoms. The molecular formula is C27H19N3O5. The summed E-state index contributed by atoms with van der Waals surface area (Å²) in [7, 11) is 0. The Hall–Kier alpha value is -4.98. The van der Waals surface area contributed by atoms with Crippen molar-refractivity contribution >= 4 is 39.1 Å². The van der Waals surface area contributed by atoms with E-state index in [9.17, 15) is 19.7 Å². The molecule has 0 atom stereocenters. The van der Waals surface area contributed by atoms with Gasteiger partial charge in [0.05, 0.1) is 21.3 Å². The van der Waals surface area contributed by atoms with Gasteiger partial charge in [0.1, 0.15) is 18.0 Å².